The molecule has 1 atom stereocenters. The number of hydrogen-bond acceptors (Lipinski definition) is 6. The number of rotatable bonds is 3. The van der Waals surface area contributed by atoms with Crippen LogP contribution in [0.15, 0.2) is 28.8 Å². The van der Waals surface area contributed by atoms with Crippen LogP contribution in [0.3, 0.4) is 0 Å². The zero-order valence-electron chi connectivity index (χ0n) is 14.6. The van der Waals surface area contributed by atoms with E-state index in [0.717, 1.165) is 56.6 Å². The van der Waals surface area contributed by atoms with Crippen LogP contribution in [0.1, 0.15) is 49.1 Å². The average molecular weight is 354 g/mol. The zero-order valence-corrected chi connectivity index (χ0v) is 14.6. The Balaban J connectivity index is 1.26. The number of nitrogens with one attached hydrogen (secondary N) is 1. The molecule has 5 rings (SSSR count). The molecule has 0 radical (unpaired) electrons. The molecule has 0 aliphatic carbocycles. The Bertz CT molecular complexity index is 820. The molecule has 136 valence electrons. The predicted octanol–water partition coefficient (Wildman–Crippen LogP) is 2.41. The summed E-state index contributed by atoms with van der Waals surface area (Å²) < 4.78 is 11.0. The molecule has 7 nitrogen and oxygen atoms in total. The maximum Gasteiger partial charge on any atom is 0.255 e. The van der Waals surface area contributed by atoms with Gasteiger partial charge in [-0.15, -0.1) is 0 Å². The normalized spacial score (nSPS) is 24.8. The van der Waals surface area contributed by atoms with E-state index in [4.69, 9.17) is 9.26 Å². The topological polar surface area (TPSA) is 80.5 Å². The van der Waals surface area contributed by atoms with Gasteiger partial charge in [0.1, 0.15) is 6.10 Å². The van der Waals surface area contributed by atoms with E-state index >= 15 is 0 Å². The van der Waals surface area contributed by atoms with Gasteiger partial charge in [-0.3, -0.25) is 9.69 Å². The van der Waals surface area contributed by atoms with Crippen molar-refractivity contribution in [1.29, 1.82) is 0 Å². The molecule has 1 amide bonds. The molecule has 1 spiro atoms. The van der Waals surface area contributed by atoms with E-state index in [9.17, 15) is 4.79 Å². The number of para-hydroxylation sites is 1. The number of hydrogen-bond donors (Lipinski definition) is 1. The first kappa shape index (κ1) is 16.0. The Labute approximate surface area is 151 Å². The van der Waals surface area contributed by atoms with Gasteiger partial charge >= 0.3 is 0 Å². The van der Waals surface area contributed by atoms with Gasteiger partial charge in [0.15, 0.2) is 5.82 Å². The van der Waals surface area contributed by atoms with E-state index in [1.165, 1.54) is 0 Å². The lowest BCUT2D eigenvalue weighted by atomic mass is 9.74. The predicted molar refractivity (Wildman–Crippen MR) is 93.5 cm³/mol. The van der Waals surface area contributed by atoms with Crippen molar-refractivity contribution in [2.45, 2.75) is 43.7 Å². The van der Waals surface area contributed by atoms with Crippen LogP contribution in [0.5, 0.6) is 0 Å². The molecule has 0 saturated carbocycles. The molecule has 3 aliphatic rings. The van der Waals surface area contributed by atoms with Gasteiger partial charge in [-0.2, -0.15) is 4.98 Å². The van der Waals surface area contributed by atoms with Gasteiger partial charge in [-0.1, -0.05) is 23.4 Å². The standard InChI is InChI=1S/C19H22N4O3/c24-18-19(13-4-1-2-5-14(13)20-18)7-9-23(10-8-19)12-16-21-17(26-22-16)15-6-3-11-25-15/h1-2,4-5,15H,3,6-12H2,(H,20,24). The van der Waals surface area contributed by atoms with Crippen LogP contribution in [-0.4, -0.2) is 40.6 Å². The van der Waals surface area contributed by atoms with Crippen LogP contribution < -0.4 is 5.32 Å². The number of carbonyl (C=O) groups is 1. The summed E-state index contributed by atoms with van der Waals surface area (Å²) in [4.78, 5) is 19.4. The van der Waals surface area contributed by atoms with Gasteiger partial charge in [0.05, 0.1) is 12.0 Å². The molecule has 2 saturated heterocycles. The Morgan fingerprint density at radius 3 is 2.92 bits per heavy atom. The lowest BCUT2D eigenvalue weighted by molar-refractivity contribution is -0.122. The van der Waals surface area contributed by atoms with E-state index in [2.05, 4.69) is 26.4 Å². The highest BCUT2D eigenvalue weighted by Gasteiger charge is 2.48. The molecular formula is C19H22N4O3. The number of fused-ring (bicyclic) bond motifs is 2. The minimum Gasteiger partial charge on any atom is -0.368 e. The SMILES string of the molecule is O=C1Nc2ccccc2C12CCN(Cc1noc(C3CCCO3)n1)CC2. The van der Waals surface area contributed by atoms with Crippen LogP contribution in [0.25, 0.3) is 0 Å². The second-order valence-corrected chi connectivity index (χ2v) is 7.41. The lowest BCUT2D eigenvalue weighted by Gasteiger charge is -2.37. The molecule has 4 heterocycles. The Hall–Kier alpha value is -2.25. The highest BCUT2D eigenvalue weighted by atomic mass is 16.5. The van der Waals surface area contributed by atoms with Crippen LogP contribution in [0, 0.1) is 0 Å². The molecule has 1 aromatic carbocycles. The van der Waals surface area contributed by atoms with Crippen molar-refractivity contribution in [3.8, 4) is 0 Å². The Kier molecular flexibility index (Phi) is 3.79. The monoisotopic (exact) mass is 354 g/mol. The summed E-state index contributed by atoms with van der Waals surface area (Å²) >= 11 is 0. The lowest BCUT2D eigenvalue weighted by Crippen LogP contribution is -2.46. The van der Waals surface area contributed by atoms with Crippen LogP contribution in [0.4, 0.5) is 5.69 Å². The van der Waals surface area contributed by atoms with Crippen molar-refractivity contribution in [3.63, 3.8) is 0 Å². The third kappa shape index (κ3) is 2.54. The fraction of sp³-hybridized carbons (Fsp3) is 0.526. The molecular weight excluding hydrogens is 332 g/mol. The van der Waals surface area contributed by atoms with Gasteiger partial charge in [-0.05, 0) is 50.4 Å². The van der Waals surface area contributed by atoms with E-state index in [-0.39, 0.29) is 17.4 Å². The summed E-state index contributed by atoms with van der Waals surface area (Å²) in [5.74, 6) is 1.43. The third-order valence-corrected chi connectivity index (χ3v) is 5.89. The molecule has 1 unspecified atom stereocenters. The summed E-state index contributed by atoms with van der Waals surface area (Å²) in [7, 11) is 0. The fourth-order valence-electron chi connectivity index (χ4n) is 4.40. The minimum atomic E-state index is -0.382. The van der Waals surface area contributed by atoms with Crippen molar-refractivity contribution in [3.05, 3.63) is 41.5 Å². The van der Waals surface area contributed by atoms with Crippen molar-refractivity contribution < 1.29 is 14.1 Å². The summed E-state index contributed by atoms with van der Waals surface area (Å²) in [6.07, 6.45) is 3.57. The average Bonchev–Trinajstić information content (AvgIpc) is 3.38. The van der Waals surface area contributed by atoms with Gasteiger partial charge in [0.25, 0.3) is 5.89 Å². The molecule has 2 fully saturated rings. The fourth-order valence-corrected chi connectivity index (χ4v) is 4.40. The van der Waals surface area contributed by atoms with Gasteiger partial charge < -0.3 is 14.6 Å². The molecule has 3 aliphatic heterocycles. The van der Waals surface area contributed by atoms with Crippen molar-refractivity contribution in [2.24, 2.45) is 0 Å². The first-order valence-corrected chi connectivity index (χ1v) is 9.32. The highest BCUT2D eigenvalue weighted by Crippen LogP contribution is 2.44. The maximum absolute atomic E-state index is 12.6. The van der Waals surface area contributed by atoms with Crippen LogP contribution in [-0.2, 0) is 21.5 Å². The summed E-state index contributed by atoms with van der Waals surface area (Å²) in [5, 5.41) is 7.15. The van der Waals surface area contributed by atoms with Crippen molar-refractivity contribution in [1.82, 2.24) is 15.0 Å². The summed E-state index contributed by atoms with van der Waals surface area (Å²) in [6.45, 7) is 3.09. The van der Waals surface area contributed by atoms with Gasteiger partial charge in [0, 0.05) is 12.3 Å². The molecule has 1 N–H and O–H groups in total. The molecule has 26 heavy (non-hydrogen) atoms. The van der Waals surface area contributed by atoms with Crippen molar-refractivity contribution >= 4 is 11.6 Å². The number of ether oxygens (including phenoxy) is 1. The molecule has 7 heteroatoms. The number of piperidine rings is 1. The second kappa shape index (κ2) is 6.17. The second-order valence-electron chi connectivity index (χ2n) is 7.41. The molecule has 2 aromatic rings. The molecule has 1 aromatic heterocycles. The Morgan fingerprint density at radius 1 is 1.27 bits per heavy atom. The molecule has 0 bridgehead atoms. The number of amides is 1. The van der Waals surface area contributed by atoms with E-state index < -0.39 is 0 Å². The highest BCUT2D eigenvalue weighted by molar-refractivity contribution is 6.06. The Morgan fingerprint density at radius 2 is 2.12 bits per heavy atom. The zero-order chi connectivity index (χ0) is 17.6. The van der Waals surface area contributed by atoms with Crippen molar-refractivity contribution in [2.75, 3.05) is 25.0 Å². The number of benzene rings is 1. The summed E-state index contributed by atoms with van der Waals surface area (Å²) in [5.41, 5.74) is 1.72. The third-order valence-electron chi connectivity index (χ3n) is 5.89. The number of aromatic nitrogens is 2. The van der Waals surface area contributed by atoms with E-state index in [0.29, 0.717) is 18.3 Å². The van der Waals surface area contributed by atoms with Crippen LogP contribution in [0.2, 0.25) is 0 Å². The van der Waals surface area contributed by atoms with Crippen LogP contribution >= 0.6 is 0 Å². The number of likely N-dealkylation sites (tertiary alicyclic amines) is 1. The summed E-state index contributed by atoms with van der Waals surface area (Å²) in [6, 6.07) is 8.05. The number of anilines is 1. The van der Waals surface area contributed by atoms with Gasteiger partial charge in [0.2, 0.25) is 5.91 Å². The smallest absolute Gasteiger partial charge is 0.255 e. The minimum absolute atomic E-state index is 0.0421. The van der Waals surface area contributed by atoms with E-state index in [1.54, 1.807) is 0 Å². The van der Waals surface area contributed by atoms with E-state index in [1.807, 2.05) is 18.2 Å². The first-order chi connectivity index (χ1) is 12.7. The quantitative estimate of drug-likeness (QED) is 0.912. The number of carbonyl (C=O) groups excluding carboxylic acids is 1. The number of nitrogens with zero attached hydrogens (tertiary/aromatic N) is 3. The maximum atomic E-state index is 12.6. The van der Waals surface area contributed by atoms with Gasteiger partial charge in [-0.25, -0.2) is 0 Å². The first-order valence-electron chi connectivity index (χ1n) is 9.32. The largest absolute Gasteiger partial charge is 0.368 e.